The van der Waals surface area contributed by atoms with Gasteiger partial charge >= 0.3 is 27.2 Å². The molecule has 0 saturated heterocycles. The lowest BCUT2D eigenvalue weighted by Crippen LogP contribution is -3.61. The monoisotopic (exact) mass is 355 g/mol. The zero-order valence-corrected chi connectivity index (χ0v) is 11.9. The quantitative estimate of drug-likeness (QED) is 0.754. The molecule has 0 saturated carbocycles. The lowest BCUT2D eigenvalue weighted by Gasteiger charge is -1.97. The Labute approximate surface area is 116 Å². The van der Waals surface area contributed by atoms with Gasteiger partial charge in [-0.05, 0) is 36.4 Å². The van der Waals surface area contributed by atoms with Gasteiger partial charge in [-0.2, -0.15) is 0 Å². The van der Waals surface area contributed by atoms with Crippen LogP contribution in [-0.4, -0.2) is 18.2 Å². The maximum atomic E-state index is 11.1. The number of carbonyl (C=O) groups is 1. The van der Waals surface area contributed by atoms with E-state index in [2.05, 4.69) is 0 Å². The summed E-state index contributed by atoms with van der Waals surface area (Å²) in [4.78, 5) is 11.1. The molecule has 1 N–H and O–H groups in total. The fourth-order valence-electron chi connectivity index (χ4n) is 1.47. The summed E-state index contributed by atoms with van der Waals surface area (Å²) in [6.07, 6.45) is 0. The van der Waals surface area contributed by atoms with Gasteiger partial charge in [0.1, 0.15) is 11.3 Å². The summed E-state index contributed by atoms with van der Waals surface area (Å²) < 4.78 is 7.19. The average molecular weight is 355 g/mol. The van der Waals surface area contributed by atoms with Gasteiger partial charge in [-0.25, -0.2) is 4.79 Å². The molecule has 0 aliphatic rings. The van der Waals surface area contributed by atoms with Gasteiger partial charge in [0, 0.05) is 0 Å². The third kappa shape index (κ3) is 3.01. The van der Waals surface area contributed by atoms with Crippen LogP contribution in [0.4, 0.5) is 0 Å². The minimum Gasteiger partial charge on any atom is -0.497 e. The van der Waals surface area contributed by atoms with Crippen molar-refractivity contribution in [2.24, 2.45) is 0 Å². The van der Waals surface area contributed by atoms with Crippen LogP contribution in [0.5, 0.6) is 5.75 Å². The Bertz CT molecular complexity index is 549. The van der Waals surface area contributed by atoms with Crippen molar-refractivity contribution < 1.29 is 35.8 Å². The molecule has 0 bridgehead atoms. The Morgan fingerprint density at radius 3 is 2.39 bits per heavy atom. The molecule has 2 aromatic carbocycles. The molecule has 0 fully saturated rings. The number of carboxylic acid groups (broad SMARTS) is 1. The summed E-state index contributed by atoms with van der Waals surface area (Å²) >= 11 is -0.481. The summed E-state index contributed by atoms with van der Waals surface area (Å²) in [5.41, 5.74) is 0.404. The lowest BCUT2D eigenvalue weighted by atomic mass is 10.2. The molecule has 0 amide bonds. The Hall–Kier alpha value is -1.56. The first-order valence-electron chi connectivity index (χ1n) is 5.32. The zero-order chi connectivity index (χ0) is 13.0. The van der Waals surface area contributed by atoms with Crippen LogP contribution in [0.1, 0.15) is 10.4 Å². The predicted molar refractivity (Wildman–Crippen MR) is 63.8 cm³/mol. The first kappa shape index (κ1) is 12.9. The first-order valence-corrected chi connectivity index (χ1v) is 7.47. The third-order valence-electron chi connectivity index (χ3n) is 2.36. The molecule has 3 nitrogen and oxygen atoms in total. The number of rotatable bonds is 4. The topological polar surface area (TPSA) is 46.5 Å². The fraction of sp³-hybridized carbons (Fsp3) is 0.0714. The van der Waals surface area contributed by atoms with Gasteiger partial charge in [0.05, 0.1) is 7.11 Å². The highest BCUT2D eigenvalue weighted by molar-refractivity contribution is 5.87. The van der Waals surface area contributed by atoms with Gasteiger partial charge in [-0.1, -0.05) is 12.1 Å². The molecular formula is C14H12IO3+. The number of hydrogen-bond donors (Lipinski definition) is 1. The smallest absolute Gasteiger partial charge is 0.358 e. The standard InChI is InChI=1S/C14H11IO3/c1-18-11-8-6-10(7-9-11)15-13-5-3-2-4-12(13)14(16)17/h2-9H,1H3/p+1. The first-order chi connectivity index (χ1) is 8.70. The SMILES string of the molecule is COc1ccc([I+]c2ccccc2C(=O)O)cc1. The number of methoxy groups -OCH3 is 1. The van der Waals surface area contributed by atoms with Crippen LogP contribution in [0.25, 0.3) is 0 Å². The van der Waals surface area contributed by atoms with E-state index in [1.54, 1.807) is 19.2 Å². The van der Waals surface area contributed by atoms with Crippen LogP contribution >= 0.6 is 0 Å². The number of hydrogen-bond acceptors (Lipinski definition) is 2. The highest BCUT2D eigenvalue weighted by Crippen LogP contribution is 2.06. The second-order valence-corrected chi connectivity index (χ2v) is 6.48. The Morgan fingerprint density at radius 2 is 1.78 bits per heavy atom. The van der Waals surface area contributed by atoms with E-state index < -0.39 is 27.2 Å². The maximum absolute atomic E-state index is 11.1. The predicted octanol–water partition coefficient (Wildman–Crippen LogP) is -0.478. The average Bonchev–Trinajstić information content (AvgIpc) is 2.40. The zero-order valence-electron chi connectivity index (χ0n) is 9.76. The van der Waals surface area contributed by atoms with Crippen molar-refractivity contribution in [2.45, 2.75) is 0 Å². The van der Waals surface area contributed by atoms with E-state index in [1.807, 2.05) is 36.4 Å². The van der Waals surface area contributed by atoms with E-state index >= 15 is 0 Å². The van der Waals surface area contributed by atoms with Gasteiger partial charge in [0.25, 0.3) is 0 Å². The molecule has 0 aliphatic heterocycles. The van der Waals surface area contributed by atoms with Crippen molar-refractivity contribution in [3.63, 3.8) is 0 Å². The molecule has 0 unspecified atom stereocenters. The second-order valence-electron chi connectivity index (χ2n) is 3.54. The van der Waals surface area contributed by atoms with E-state index in [-0.39, 0.29) is 0 Å². The van der Waals surface area contributed by atoms with Crippen molar-refractivity contribution in [3.8, 4) is 5.75 Å². The highest BCUT2D eigenvalue weighted by atomic mass is 127. The van der Waals surface area contributed by atoms with Crippen molar-refractivity contribution in [2.75, 3.05) is 7.11 Å². The van der Waals surface area contributed by atoms with E-state index in [4.69, 9.17) is 9.84 Å². The van der Waals surface area contributed by atoms with Crippen LogP contribution < -0.4 is 25.9 Å². The number of halogens is 1. The largest absolute Gasteiger partial charge is 0.497 e. The van der Waals surface area contributed by atoms with Crippen molar-refractivity contribution in [1.82, 2.24) is 0 Å². The minimum absolute atomic E-state index is 0.404. The van der Waals surface area contributed by atoms with Crippen LogP contribution in [0.15, 0.2) is 48.5 Å². The molecule has 0 aromatic heterocycles. The Morgan fingerprint density at radius 1 is 1.11 bits per heavy atom. The molecule has 0 spiro atoms. The fourth-order valence-corrected chi connectivity index (χ4v) is 3.95. The highest BCUT2D eigenvalue weighted by Gasteiger charge is 2.22. The van der Waals surface area contributed by atoms with Gasteiger partial charge in [0.15, 0.2) is 3.57 Å². The van der Waals surface area contributed by atoms with Crippen LogP contribution in [0.3, 0.4) is 0 Å². The van der Waals surface area contributed by atoms with E-state index in [0.29, 0.717) is 5.56 Å². The van der Waals surface area contributed by atoms with Crippen LogP contribution in [0, 0.1) is 7.14 Å². The summed E-state index contributed by atoms with van der Waals surface area (Å²) in [5.74, 6) is -0.0481. The third-order valence-corrected chi connectivity index (χ3v) is 5.23. The molecule has 2 aromatic rings. The lowest BCUT2D eigenvalue weighted by molar-refractivity contribution is -0.597. The molecule has 0 heterocycles. The Kier molecular flexibility index (Phi) is 4.19. The maximum Gasteiger partial charge on any atom is 0.358 e. The molecule has 0 atom stereocenters. The normalized spacial score (nSPS) is 10.1. The minimum atomic E-state index is -0.862. The van der Waals surface area contributed by atoms with Gasteiger partial charge in [0.2, 0.25) is 3.57 Å². The molecule has 18 heavy (non-hydrogen) atoms. The molecule has 0 aliphatic carbocycles. The molecular weight excluding hydrogens is 343 g/mol. The summed E-state index contributed by atoms with van der Waals surface area (Å²) in [6.45, 7) is 0. The van der Waals surface area contributed by atoms with Gasteiger partial charge in [-0.15, -0.1) is 0 Å². The van der Waals surface area contributed by atoms with Crippen molar-refractivity contribution in [3.05, 3.63) is 61.2 Å². The molecule has 2 rings (SSSR count). The molecule has 0 radical (unpaired) electrons. The van der Waals surface area contributed by atoms with E-state index in [1.165, 1.54) is 3.57 Å². The Balaban J connectivity index is 2.25. The van der Waals surface area contributed by atoms with Gasteiger partial charge < -0.3 is 9.84 Å². The van der Waals surface area contributed by atoms with E-state index in [0.717, 1.165) is 9.32 Å². The summed E-state index contributed by atoms with van der Waals surface area (Å²) in [5, 5.41) is 9.12. The number of carboxylic acids is 1. The van der Waals surface area contributed by atoms with E-state index in [9.17, 15) is 4.79 Å². The molecule has 92 valence electrons. The van der Waals surface area contributed by atoms with Crippen LogP contribution in [0.2, 0.25) is 0 Å². The number of benzene rings is 2. The number of aromatic carboxylic acids is 1. The molecule has 4 heteroatoms. The summed E-state index contributed by atoms with van der Waals surface area (Å²) in [7, 11) is 1.63. The number of ether oxygens (including phenoxy) is 1. The van der Waals surface area contributed by atoms with Crippen molar-refractivity contribution in [1.29, 1.82) is 0 Å². The van der Waals surface area contributed by atoms with Gasteiger partial charge in [-0.3, -0.25) is 0 Å². The van der Waals surface area contributed by atoms with Crippen molar-refractivity contribution >= 4 is 5.97 Å². The van der Waals surface area contributed by atoms with Crippen LogP contribution in [-0.2, 0) is 0 Å². The second kappa shape index (κ2) is 5.86. The summed E-state index contributed by atoms with van der Waals surface area (Å²) in [6, 6.07) is 15.0.